The van der Waals surface area contributed by atoms with E-state index in [1.54, 1.807) is 37.5 Å². The maximum Gasteiger partial charge on any atom is 0.262 e. The molecule has 0 radical (unpaired) electrons. The monoisotopic (exact) mass is 498 g/mol. The zero-order chi connectivity index (χ0) is 25.9. The smallest absolute Gasteiger partial charge is 0.262 e. The summed E-state index contributed by atoms with van der Waals surface area (Å²) in [6.45, 7) is 0. The Morgan fingerprint density at radius 2 is 1.62 bits per heavy atom. The molecule has 0 aliphatic carbocycles. The van der Waals surface area contributed by atoms with Crippen molar-refractivity contribution in [2.24, 2.45) is 7.05 Å². The third kappa shape index (κ3) is 4.66. The zero-order valence-electron chi connectivity index (χ0n) is 20.4. The van der Waals surface area contributed by atoms with Crippen molar-refractivity contribution in [3.63, 3.8) is 0 Å². The van der Waals surface area contributed by atoms with Crippen LogP contribution in [-0.2, 0) is 7.05 Å². The number of benzene rings is 3. The first kappa shape index (κ1) is 23.8. The van der Waals surface area contributed by atoms with Gasteiger partial charge in [-0.1, -0.05) is 24.3 Å². The molecule has 0 saturated heterocycles. The Labute approximate surface area is 211 Å². The predicted octanol–water partition coefficient (Wildman–Crippen LogP) is 5.69. The summed E-state index contributed by atoms with van der Waals surface area (Å²) < 4.78 is 33.2. The standard InChI is InChI=1S/C28H23FN4O4/c1-33-27(34)20(16-31-28(33)32-18-7-5-4-6-8-18)17-9-10-24(21(29)13-17)37-23-11-12-30-22-15-26(36-3)25(35-2)14-19(22)23/h4-16H,1-3H3,(H,31,32). The largest absolute Gasteiger partial charge is 0.493 e. The van der Waals surface area contributed by atoms with Crippen LogP contribution in [0.4, 0.5) is 16.0 Å². The van der Waals surface area contributed by atoms with Gasteiger partial charge < -0.3 is 19.5 Å². The van der Waals surface area contributed by atoms with E-state index in [-0.39, 0.29) is 16.9 Å². The van der Waals surface area contributed by atoms with Crippen molar-refractivity contribution in [2.75, 3.05) is 19.5 Å². The van der Waals surface area contributed by atoms with Gasteiger partial charge in [0, 0.05) is 36.6 Å². The van der Waals surface area contributed by atoms with Crippen molar-refractivity contribution in [1.29, 1.82) is 0 Å². The minimum absolute atomic E-state index is 0.00168. The first-order valence-corrected chi connectivity index (χ1v) is 11.3. The predicted molar refractivity (Wildman–Crippen MR) is 140 cm³/mol. The molecule has 37 heavy (non-hydrogen) atoms. The maximum atomic E-state index is 15.2. The molecular weight excluding hydrogens is 475 g/mol. The third-order valence-electron chi connectivity index (χ3n) is 5.87. The average Bonchev–Trinajstić information content (AvgIpc) is 2.92. The van der Waals surface area contributed by atoms with E-state index in [1.807, 2.05) is 30.3 Å². The van der Waals surface area contributed by atoms with E-state index in [9.17, 15) is 4.79 Å². The van der Waals surface area contributed by atoms with Gasteiger partial charge in [0.15, 0.2) is 23.1 Å². The Hall–Kier alpha value is -4.92. The Balaban J connectivity index is 1.45. The maximum absolute atomic E-state index is 15.2. The van der Waals surface area contributed by atoms with Crippen LogP contribution in [0.3, 0.4) is 0 Å². The van der Waals surface area contributed by atoms with Crippen molar-refractivity contribution in [1.82, 2.24) is 14.5 Å². The first-order chi connectivity index (χ1) is 18.0. The Bertz CT molecular complexity index is 1650. The van der Waals surface area contributed by atoms with Crippen molar-refractivity contribution in [2.45, 2.75) is 0 Å². The molecule has 0 amide bonds. The van der Waals surface area contributed by atoms with E-state index < -0.39 is 5.82 Å². The van der Waals surface area contributed by atoms with E-state index in [4.69, 9.17) is 14.2 Å². The van der Waals surface area contributed by atoms with Gasteiger partial charge in [-0.2, -0.15) is 0 Å². The van der Waals surface area contributed by atoms with Crippen LogP contribution in [-0.4, -0.2) is 28.8 Å². The fourth-order valence-corrected chi connectivity index (χ4v) is 3.92. The molecule has 0 spiro atoms. The molecule has 2 aromatic heterocycles. The molecule has 0 unspecified atom stereocenters. The van der Waals surface area contributed by atoms with Gasteiger partial charge in [0.2, 0.25) is 5.95 Å². The van der Waals surface area contributed by atoms with Crippen LogP contribution in [0.2, 0.25) is 0 Å². The molecule has 0 atom stereocenters. The number of hydrogen-bond donors (Lipinski definition) is 1. The number of pyridine rings is 1. The highest BCUT2D eigenvalue weighted by Crippen LogP contribution is 2.37. The van der Waals surface area contributed by atoms with Gasteiger partial charge in [0.05, 0.1) is 25.3 Å². The molecule has 5 aromatic rings. The minimum Gasteiger partial charge on any atom is -0.493 e. The number of halogens is 1. The Kier molecular flexibility index (Phi) is 6.42. The van der Waals surface area contributed by atoms with E-state index in [1.165, 1.54) is 37.1 Å². The number of methoxy groups -OCH3 is 2. The molecule has 2 heterocycles. The van der Waals surface area contributed by atoms with E-state index >= 15 is 4.39 Å². The lowest BCUT2D eigenvalue weighted by Crippen LogP contribution is -2.22. The van der Waals surface area contributed by atoms with Crippen LogP contribution in [0.25, 0.3) is 22.0 Å². The summed E-state index contributed by atoms with van der Waals surface area (Å²) in [5, 5.41) is 3.73. The molecule has 0 aliphatic rings. The Morgan fingerprint density at radius 3 is 2.35 bits per heavy atom. The number of anilines is 2. The van der Waals surface area contributed by atoms with Gasteiger partial charge >= 0.3 is 0 Å². The van der Waals surface area contributed by atoms with Gasteiger partial charge in [-0.25, -0.2) is 9.37 Å². The van der Waals surface area contributed by atoms with Crippen molar-refractivity contribution in [3.8, 4) is 34.1 Å². The second kappa shape index (κ2) is 9.98. The molecule has 9 heteroatoms. The number of rotatable bonds is 7. The highest BCUT2D eigenvalue weighted by atomic mass is 19.1. The summed E-state index contributed by atoms with van der Waals surface area (Å²) in [5.74, 6) is 1.16. The first-order valence-electron chi connectivity index (χ1n) is 11.3. The molecule has 0 fully saturated rings. The van der Waals surface area contributed by atoms with Gasteiger partial charge in [-0.3, -0.25) is 14.3 Å². The van der Waals surface area contributed by atoms with Crippen LogP contribution in [0, 0.1) is 5.82 Å². The summed E-state index contributed by atoms with van der Waals surface area (Å²) in [6.07, 6.45) is 3.00. The fourth-order valence-electron chi connectivity index (χ4n) is 3.92. The highest BCUT2D eigenvalue weighted by Gasteiger charge is 2.15. The van der Waals surface area contributed by atoms with Gasteiger partial charge in [0.25, 0.3) is 5.56 Å². The second-order valence-corrected chi connectivity index (χ2v) is 8.13. The normalized spacial score (nSPS) is 10.8. The summed E-state index contributed by atoms with van der Waals surface area (Å²) in [6, 6.07) is 18.8. The minimum atomic E-state index is -0.628. The van der Waals surface area contributed by atoms with Crippen molar-refractivity contribution >= 4 is 22.5 Å². The van der Waals surface area contributed by atoms with Gasteiger partial charge in [-0.05, 0) is 42.0 Å². The number of nitrogens with zero attached hydrogens (tertiary/aromatic N) is 3. The number of ether oxygens (including phenoxy) is 3. The van der Waals surface area contributed by atoms with Crippen molar-refractivity contribution in [3.05, 3.63) is 95.3 Å². The molecule has 3 aromatic carbocycles. The SMILES string of the molecule is COc1cc2nccc(Oc3ccc(-c4cnc(Nc5ccccc5)n(C)c4=O)cc3F)c2cc1OC. The molecular formula is C28H23FN4O4. The molecule has 8 nitrogen and oxygen atoms in total. The van der Waals surface area contributed by atoms with Crippen molar-refractivity contribution < 1.29 is 18.6 Å². The van der Waals surface area contributed by atoms with E-state index in [2.05, 4.69) is 15.3 Å². The quantitative estimate of drug-likeness (QED) is 0.309. The second-order valence-electron chi connectivity index (χ2n) is 8.13. The summed E-state index contributed by atoms with van der Waals surface area (Å²) in [7, 11) is 4.68. The van der Waals surface area contributed by atoms with Crippen LogP contribution in [0.15, 0.2) is 83.9 Å². The lowest BCUT2D eigenvalue weighted by Gasteiger charge is -2.14. The molecule has 5 rings (SSSR count). The summed E-state index contributed by atoms with van der Waals surface area (Å²) in [5.41, 5.74) is 1.73. The van der Waals surface area contributed by atoms with Crippen LogP contribution < -0.4 is 25.1 Å². The molecule has 0 bridgehead atoms. The number of fused-ring (bicyclic) bond motifs is 1. The van der Waals surface area contributed by atoms with Crippen LogP contribution in [0.5, 0.6) is 23.0 Å². The van der Waals surface area contributed by atoms with E-state index in [0.29, 0.717) is 39.7 Å². The van der Waals surface area contributed by atoms with Gasteiger partial charge in [0.1, 0.15) is 5.75 Å². The highest BCUT2D eigenvalue weighted by molar-refractivity contribution is 5.88. The fraction of sp³-hybridized carbons (Fsp3) is 0.107. The molecule has 1 N–H and O–H groups in total. The number of para-hydroxylation sites is 1. The van der Waals surface area contributed by atoms with Gasteiger partial charge in [-0.15, -0.1) is 0 Å². The average molecular weight is 499 g/mol. The topological polar surface area (TPSA) is 87.5 Å². The third-order valence-corrected chi connectivity index (χ3v) is 5.87. The zero-order valence-corrected chi connectivity index (χ0v) is 20.4. The summed E-state index contributed by atoms with van der Waals surface area (Å²) in [4.78, 5) is 21.7. The van der Waals surface area contributed by atoms with Crippen LogP contribution in [0.1, 0.15) is 0 Å². The molecule has 0 aliphatic heterocycles. The van der Waals surface area contributed by atoms with E-state index in [0.717, 1.165) is 5.69 Å². The Morgan fingerprint density at radius 1 is 0.865 bits per heavy atom. The van der Waals surface area contributed by atoms with Crippen LogP contribution >= 0.6 is 0 Å². The number of hydrogen-bond acceptors (Lipinski definition) is 7. The summed E-state index contributed by atoms with van der Waals surface area (Å²) >= 11 is 0. The number of nitrogens with one attached hydrogen (secondary N) is 1. The number of aromatic nitrogens is 3. The lowest BCUT2D eigenvalue weighted by atomic mass is 10.1. The lowest BCUT2D eigenvalue weighted by molar-refractivity contribution is 0.355. The molecule has 0 saturated carbocycles. The molecule has 186 valence electrons.